The smallest absolute Gasteiger partial charge is 0.237 e. The fourth-order valence-electron chi connectivity index (χ4n) is 3.79. The van der Waals surface area contributed by atoms with Gasteiger partial charge in [0.15, 0.2) is 5.58 Å². The van der Waals surface area contributed by atoms with E-state index in [9.17, 15) is 4.79 Å². The topological polar surface area (TPSA) is 103 Å². The van der Waals surface area contributed by atoms with Crippen LogP contribution in [-0.4, -0.2) is 35.6 Å². The molecule has 1 amide bonds. The Morgan fingerprint density at radius 3 is 2.70 bits per heavy atom. The summed E-state index contributed by atoms with van der Waals surface area (Å²) in [6, 6.07) is 4.98. The van der Waals surface area contributed by atoms with Gasteiger partial charge in [-0.2, -0.15) is 5.26 Å². The average molecular weight is 432 g/mol. The molecule has 142 valence electrons. The summed E-state index contributed by atoms with van der Waals surface area (Å²) in [5.74, 6) is 1.32. The molecule has 2 unspecified atom stereocenters. The lowest BCUT2D eigenvalue weighted by Gasteiger charge is -2.41. The summed E-state index contributed by atoms with van der Waals surface area (Å²) in [5, 5.41) is 19.1. The number of aromatic nitrogens is 1. The number of amides is 1. The Labute approximate surface area is 166 Å². The average Bonchev–Trinajstić information content (AvgIpc) is 3.09. The van der Waals surface area contributed by atoms with Gasteiger partial charge in [0.1, 0.15) is 11.9 Å². The van der Waals surface area contributed by atoms with Crippen molar-refractivity contribution in [1.29, 1.82) is 5.26 Å². The maximum absolute atomic E-state index is 10.7. The Bertz CT molecular complexity index is 875. The van der Waals surface area contributed by atoms with Crippen LogP contribution >= 0.6 is 15.9 Å². The van der Waals surface area contributed by atoms with Gasteiger partial charge in [-0.3, -0.25) is 4.79 Å². The number of nitrogens with zero attached hydrogens (tertiary/aromatic N) is 2. The molecule has 4 fully saturated rings. The molecule has 2 aromatic rings. The Morgan fingerprint density at radius 1 is 1.33 bits per heavy atom. The lowest BCUT2D eigenvalue weighted by Crippen LogP contribution is -2.68. The molecule has 5 heterocycles. The zero-order chi connectivity index (χ0) is 18.8. The fraction of sp³-hybridized carbons (Fsp3) is 0.526. The molecule has 7 nitrogen and oxygen atoms in total. The van der Waals surface area contributed by atoms with Gasteiger partial charge < -0.3 is 20.4 Å². The molecule has 6 rings (SSSR count). The molecular formula is C19H22BrN5O2. The van der Waals surface area contributed by atoms with E-state index in [-0.39, 0.29) is 11.9 Å². The largest absolute Gasteiger partial charge is 0.444 e. The molecule has 1 saturated carbocycles. The van der Waals surface area contributed by atoms with E-state index in [2.05, 4.69) is 36.9 Å². The Kier molecular flexibility index (Phi) is 5.32. The van der Waals surface area contributed by atoms with Crippen molar-refractivity contribution in [3.8, 4) is 6.07 Å². The minimum absolute atomic E-state index is 0.147. The van der Waals surface area contributed by atoms with Crippen LogP contribution in [0.1, 0.15) is 44.3 Å². The molecule has 0 spiro atoms. The SMILES string of the molecule is N#Cc1cc2c(Br)c(NC3CCCCC3)ncc2o1.O=C1NCC2CC1N2. The molecule has 2 bridgehead atoms. The van der Waals surface area contributed by atoms with Crippen LogP contribution < -0.4 is 16.0 Å². The number of hydrogen-bond acceptors (Lipinski definition) is 6. The number of furan rings is 1. The minimum Gasteiger partial charge on any atom is -0.444 e. The van der Waals surface area contributed by atoms with Crippen molar-refractivity contribution in [2.45, 2.75) is 56.7 Å². The monoisotopic (exact) mass is 431 g/mol. The lowest BCUT2D eigenvalue weighted by atomic mass is 9.92. The maximum atomic E-state index is 10.7. The fourth-order valence-corrected chi connectivity index (χ4v) is 4.32. The zero-order valence-corrected chi connectivity index (χ0v) is 16.5. The number of piperazine rings is 1. The number of nitrogens with one attached hydrogen (secondary N) is 3. The molecule has 0 radical (unpaired) electrons. The van der Waals surface area contributed by atoms with Gasteiger partial charge in [0.25, 0.3) is 0 Å². The Balaban J connectivity index is 0.000000186. The molecule has 3 N–H and O–H groups in total. The molecule has 3 saturated heterocycles. The summed E-state index contributed by atoms with van der Waals surface area (Å²) in [7, 11) is 0. The van der Waals surface area contributed by atoms with Crippen molar-refractivity contribution in [1.82, 2.24) is 15.6 Å². The van der Waals surface area contributed by atoms with Gasteiger partial charge >= 0.3 is 0 Å². The normalized spacial score (nSPS) is 24.2. The number of nitriles is 1. The zero-order valence-electron chi connectivity index (χ0n) is 14.9. The van der Waals surface area contributed by atoms with Gasteiger partial charge in [-0.1, -0.05) is 19.3 Å². The number of anilines is 1. The van der Waals surface area contributed by atoms with Gasteiger partial charge in [0, 0.05) is 30.1 Å². The summed E-state index contributed by atoms with van der Waals surface area (Å²) >= 11 is 3.56. The van der Waals surface area contributed by atoms with Gasteiger partial charge in [0.05, 0.1) is 16.7 Å². The highest BCUT2D eigenvalue weighted by Gasteiger charge is 2.38. The number of carbonyl (C=O) groups excluding carboxylic acids is 1. The van der Waals surface area contributed by atoms with Crippen molar-refractivity contribution in [2.24, 2.45) is 0 Å². The Morgan fingerprint density at radius 2 is 2.11 bits per heavy atom. The highest BCUT2D eigenvalue weighted by molar-refractivity contribution is 9.10. The molecule has 3 aliphatic heterocycles. The van der Waals surface area contributed by atoms with Crippen LogP contribution in [0.3, 0.4) is 0 Å². The van der Waals surface area contributed by atoms with Crippen molar-refractivity contribution < 1.29 is 9.21 Å². The van der Waals surface area contributed by atoms with E-state index in [0.29, 0.717) is 23.4 Å². The Hall–Kier alpha value is -2.11. The standard InChI is InChI=1S/C14H14BrN3O.C5H8N2O/c15-13-11-6-10(7-16)19-12(11)8-17-14(13)18-9-4-2-1-3-5-9;8-5-4-1-3(7-4)2-6-5/h6,8-9H,1-5H2,(H,17,18);3-4,7H,1-2H2,(H,6,8). The van der Waals surface area contributed by atoms with E-state index < -0.39 is 0 Å². The molecule has 1 aliphatic carbocycles. The van der Waals surface area contributed by atoms with Gasteiger partial charge in [-0.15, -0.1) is 0 Å². The first kappa shape index (κ1) is 18.3. The molecule has 27 heavy (non-hydrogen) atoms. The molecule has 2 atom stereocenters. The van der Waals surface area contributed by atoms with Crippen molar-refractivity contribution in [3.63, 3.8) is 0 Å². The molecule has 8 heteroatoms. The van der Waals surface area contributed by atoms with Crippen LogP contribution in [0.15, 0.2) is 21.2 Å². The van der Waals surface area contributed by atoms with E-state index in [4.69, 9.17) is 9.68 Å². The van der Waals surface area contributed by atoms with Crippen LogP contribution in [0.5, 0.6) is 0 Å². The second-order valence-corrected chi connectivity index (χ2v) is 8.09. The first-order chi connectivity index (χ1) is 13.1. The second-order valence-electron chi connectivity index (χ2n) is 7.30. The molecule has 2 aromatic heterocycles. The van der Waals surface area contributed by atoms with Crippen LogP contribution in [-0.2, 0) is 4.79 Å². The molecule has 0 aromatic carbocycles. The van der Waals surface area contributed by atoms with Crippen LogP contribution in [0.25, 0.3) is 11.0 Å². The summed E-state index contributed by atoms with van der Waals surface area (Å²) in [6.07, 6.45) is 9.00. The number of pyridine rings is 1. The minimum atomic E-state index is 0.147. The molecule has 4 aliphatic rings. The van der Waals surface area contributed by atoms with Gasteiger partial charge in [0.2, 0.25) is 11.7 Å². The maximum Gasteiger partial charge on any atom is 0.237 e. The van der Waals surface area contributed by atoms with Crippen LogP contribution in [0.2, 0.25) is 0 Å². The van der Waals surface area contributed by atoms with Crippen molar-refractivity contribution in [3.05, 3.63) is 22.5 Å². The summed E-state index contributed by atoms with van der Waals surface area (Å²) in [6.45, 7) is 0.829. The third kappa shape index (κ3) is 3.94. The predicted molar refractivity (Wildman–Crippen MR) is 105 cm³/mol. The first-order valence-electron chi connectivity index (χ1n) is 9.42. The number of hydrogen-bond donors (Lipinski definition) is 3. The number of rotatable bonds is 2. The van der Waals surface area contributed by atoms with Gasteiger partial charge in [-0.05, 0) is 35.2 Å². The van der Waals surface area contributed by atoms with E-state index >= 15 is 0 Å². The van der Waals surface area contributed by atoms with E-state index in [1.54, 1.807) is 12.3 Å². The third-order valence-electron chi connectivity index (χ3n) is 5.37. The summed E-state index contributed by atoms with van der Waals surface area (Å²) in [5.41, 5.74) is 0.637. The summed E-state index contributed by atoms with van der Waals surface area (Å²) < 4.78 is 6.24. The third-order valence-corrected chi connectivity index (χ3v) is 6.17. The van der Waals surface area contributed by atoms with E-state index in [1.807, 2.05) is 6.07 Å². The first-order valence-corrected chi connectivity index (χ1v) is 10.2. The van der Waals surface area contributed by atoms with Crippen molar-refractivity contribution in [2.75, 3.05) is 11.9 Å². The second kappa shape index (κ2) is 7.87. The van der Waals surface area contributed by atoms with E-state index in [1.165, 1.54) is 32.1 Å². The number of carbonyl (C=O) groups is 1. The highest BCUT2D eigenvalue weighted by atomic mass is 79.9. The summed E-state index contributed by atoms with van der Waals surface area (Å²) in [4.78, 5) is 15.0. The van der Waals surface area contributed by atoms with Gasteiger partial charge in [-0.25, -0.2) is 4.98 Å². The van der Waals surface area contributed by atoms with Crippen molar-refractivity contribution >= 4 is 38.6 Å². The quantitative estimate of drug-likeness (QED) is 0.674. The van der Waals surface area contributed by atoms with Crippen LogP contribution in [0, 0.1) is 11.3 Å². The highest BCUT2D eigenvalue weighted by Crippen LogP contribution is 2.33. The van der Waals surface area contributed by atoms with Crippen LogP contribution in [0.4, 0.5) is 5.82 Å². The molecular weight excluding hydrogens is 410 g/mol. The van der Waals surface area contributed by atoms with E-state index in [0.717, 1.165) is 28.6 Å². The predicted octanol–water partition coefficient (Wildman–Crippen LogP) is 3.05. The number of halogens is 1. The lowest BCUT2D eigenvalue weighted by molar-refractivity contribution is -0.129. The number of fused-ring (bicyclic) bond motifs is 3. The number of piperidine rings is 1.